The summed E-state index contributed by atoms with van der Waals surface area (Å²) in [7, 11) is 1.77. The Labute approximate surface area is 116 Å². The largest absolute Gasteiger partial charge is 0.378 e. The Balaban J connectivity index is 1.82. The summed E-state index contributed by atoms with van der Waals surface area (Å²) in [6.07, 6.45) is 0.975. The standard InChI is InChI=1S/C16H25NO2/c1-13(2)15-6-4-14(5-7-15)10-17-11-16(18-3)8-9-19-12-16/h4-7,13,17H,8-12H2,1-3H3. The average Bonchev–Trinajstić information content (AvgIpc) is 2.89. The maximum atomic E-state index is 5.60. The molecule has 3 nitrogen and oxygen atoms in total. The second-order valence-electron chi connectivity index (χ2n) is 5.69. The van der Waals surface area contributed by atoms with Crippen molar-refractivity contribution in [2.45, 2.75) is 38.3 Å². The summed E-state index contributed by atoms with van der Waals surface area (Å²) in [5.74, 6) is 0.592. The van der Waals surface area contributed by atoms with Gasteiger partial charge in [0.1, 0.15) is 5.60 Å². The number of methoxy groups -OCH3 is 1. The summed E-state index contributed by atoms with van der Waals surface area (Å²) < 4.78 is 11.0. The highest BCUT2D eigenvalue weighted by Gasteiger charge is 2.34. The monoisotopic (exact) mass is 263 g/mol. The fourth-order valence-electron chi connectivity index (χ4n) is 2.42. The van der Waals surface area contributed by atoms with Gasteiger partial charge in [0, 0.05) is 33.2 Å². The Morgan fingerprint density at radius 1 is 1.32 bits per heavy atom. The van der Waals surface area contributed by atoms with Gasteiger partial charge >= 0.3 is 0 Å². The van der Waals surface area contributed by atoms with Crippen LogP contribution in [0.5, 0.6) is 0 Å². The molecule has 1 atom stereocenters. The van der Waals surface area contributed by atoms with E-state index in [1.54, 1.807) is 7.11 Å². The van der Waals surface area contributed by atoms with Crippen LogP contribution in [0.2, 0.25) is 0 Å². The van der Waals surface area contributed by atoms with Crippen molar-refractivity contribution in [1.29, 1.82) is 0 Å². The highest BCUT2D eigenvalue weighted by molar-refractivity contribution is 5.24. The summed E-state index contributed by atoms with van der Waals surface area (Å²) in [6.45, 7) is 7.66. The van der Waals surface area contributed by atoms with Crippen LogP contribution in [0.25, 0.3) is 0 Å². The minimum Gasteiger partial charge on any atom is -0.378 e. The molecule has 0 aromatic heterocycles. The van der Waals surface area contributed by atoms with E-state index >= 15 is 0 Å². The molecule has 19 heavy (non-hydrogen) atoms. The van der Waals surface area contributed by atoms with Gasteiger partial charge in [-0.15, -0.1) is 0 Å². The van der Waals surface area contributed by atoms with Crippen LogP contribution in [0.3, 0.4) is 0 Å². The predicted octanol–water partition coefficient (Wildman–Crippen LogP) is 2.71. The molecule has 1 saturated heterocycles. The van der Waals surface area contributed by atoms with E-state index in [4.69, 9.17) is 9.47 Å². The summed E-state index contributed by atoms with van der Waals surface area (Å²) >= 11 is 0. The average molecular weight is 263 g/mol. The molecule has 0 saturated carbocycles. The summed E-state index contributed by atoms with van der Waals surface area (Å²) in [6, 6.07) is 8.83. The first-order valence-corrected chi connectivity index (χ1v) is 7.08. The van der Waals surface area contributed by atoms with Gasteiger partial charge in [-0.05, 0) is 17.0 Å². The lowest BCUT2D eigenvalue weighted by Crippen LogP contribution is -2.42. The van der Waals surface area contributed by atoms with E-state index in [1.807, 2.05) is 0 Å². The quantitative estimate of drug-likeness (QED) is 0.856. The molecular formula is C16H25NO2. The van der Waals surface area contributed by atoms with Crippen LogP contribution in [0, 0.1) is 0 Å². The van der Waals surface area contributed by atoms with E-state index in [2.05, 4.69) is 43.4 Å². The van der Waals surface area contributed by atoms with Crippen molar-refractivity contribution >= 4 is 0 Å². The maximum absolute atomic E-state index is 5.60. The lowest BCUT2D eigenvalue weighted by molar-refractivity contribution is -0.0159. The molecule has 1 unspecified atom stereocenters. The number of rotatable bonds is 6. The number of benzene rings is 1. The topological polar surface area (TPSA) is 30.5 Å². The fraction of sp³-hybridized carbons (Fsp3) is 0.625. The summed E-state index contributed by atoms with van der Waals surface area (Å²) in [4.78, 5) is 0. The lowest BCUT2D eigenvalue weighted by Gasteiger charge is -2.26. The molecule has 0 amide bonds. The highest BCUT2D eigenvalue weighted by Crippen LogP contribution is 2.21. The van der Waals surface area contributed by atoms with Crippen LogP contribution in [0.1, 0.15) is 37.3 Å². The van der Waals surface area contributed by atoms with E-state index in [0.717, 1.165) is 26.1 Å². The molecule has 1 heterocycles. The maximum Gasteiger partial charge on any atom is 0.106 e. The van der Waals surface area contributed by atoms with E-state index in [9.17, 15) is 0 Å². The van der Waals surface area contributed by atoms with Crippen molar-refractivity contribution in [3.8, 4) is 0 Å². The minimum absolute atomic E-state index is 0.127. The predicted molar refractivity (Wildman–Crippen MR) is 77.4 cm³/mol. The zero-order chi connectivity index (χ0) is 13.7. The SMILES string of the molecule is COC1(CNCc2ccc(C(C)C)cc2)CCOC1. The van der Waals surface area contributed by atoms with Crippen molar-refractivity contribution in [2.24, 2.45) is 0 Å². The fourth-order valence-corrected chi connectivity index (χ4v) is 2.42. The molecule has 1 aliphatic heterocycles. The second-order valence-corrected chi connectivity index (χ2v) is 5.69. The molecule has 0 bridgehead atoms. The van der Waals surface area contributed by atoms with Crippen LogP contribution >= 0.6 is 0 Å². The van der Waals surface area contributed by atoms with Crippen molar-refractivity contribution in [1.82, 2.24) is 5.32 Å². The van der Waals surface area contributed by atoms with Crippen LogP contribution in [0.4, 0.5) is 0 Å². The number of nitrogens with one attached hydrogen (secondary N) is 1. The third-order valence-corrected chi connectivity index (χ3v) is 3.92. The molecule has 3 heteroatoms. The lowest BCUT2D eigenvalue weighted by atomic mass is 10.0. The summed E-state index contributed by atoms with van der Waals surface area (Å²) in [5, 5.41) is 3.48. The molecule has 0 radical (unpaired) electrons. The van der Waals surface area contributed by atoms with Gasteiger partial charge in [0.05, 0.1) is 6.61 Å². The number of hydrogen-bond donors (Lipinski definition) is 1. The first-order chi connectivity index (χ1) is 9.15. The van der Waals surface area contributed by atoms with Crippen molar-refractivity contribution in [3.05, 3.63) is 35.4 Å². The van der Waals surface area contributed by atoms with Gasteiger partial charge in [0.2, 0.25) is 0 Å². The van der Waals surface area contributed by atoms with Crippen molar-refractivity contribution in [2.75, 3.05) is 26.9 Å². The zero-order valence-electron chi connectivity index (χ0n) is 12.2. The number of ether oxygens (including phenoxy) is 2. The van der Waals surface area contributed by atoms with E-state index in [-0.39, 0.29) is 5.60 Å². The van der Waals surface area contributed by atoms with Gasteiger partial charge in [-0.25, -0.2) is 0 Å². The third-order valence-electron chi connectivity index (χ3n) is 3.92. The van der Waals surface area contributed by atoms with Gasteiger partial charge in [-0.2, -0.15) is 0 Å². The van der Waals surface area contributed by atoms with Crippen LogP contribution < -0.4 is 5.32 Å². The summed E-state index contributed by atoms with van der Waals surface area (Å²) in [5.41, 5.74) is 2.58. The molecular weight excluding hydrogens is 238 g/mol. The van der Waals surface area contributed by atoms with Gasteiger partial charge in [0.15, 0.2) is 0 Å². The first kappa shape index (κ1) is 14.5. The van der Waals surface area contributed by atoms with E-state index in [1.165, 1.54) is 11.1 Å². The smallest absolute Gasteiger partial charge is 0.106 e. The molecule has 1 aromatic rings. The first-order valence-electron chi connectivity index (χ1n) is 7.08. The molecule has 1 aliphatic rings. The van der Waals surface area contributed by atoms with Gasteiger partial charge < -0.3 is 14.8 Å². The second kappa shape index (κ2) is 6.51. The third kappa shape index (κ3) is 3.78. The Kier molecular flexibility index (Phi) is 4.97. The Hall–Kier alpha value is -0.900. The highest BCUT2D eigenvalue weighted by atomic mass is 16.5. The molecule has 1 aromatic carbocycles. The number of hydrogen-bond acceptors (Lipinski definition) is 3. The molecule has 1 fully saturated rings. The normalized spacial score (nSPS) is 23.2. The molecule has 2 rings (SSSR count). The van der Waals surface area contributed by atoms with Gasteiger partial charge in [0.25, 0.3) is 0 Å². The minimum atomic E-state index is -0.127. The Bertz CT molecular complexity index is 380. The van der Waals surface area contributed by atoms with Crippen LogP contribution in [-0.2, 0) is 16.0 Å². The van der Waals surface area contributed by atoms with Gasteiger partial charge in [-0.1, -0.05) is 38.1 Å². The Morgan fingerprint density at radius 3 is 2.58 bits per heavy atom. The molecule has 0 aliphatic carbocycles. The van der Waals surface area contributed by atoms with Crippen LogP contribution in [-0.4, -0.2) is 32.5 Å². The molecule has 0 spiro atoms. The van der Waals surface area contributed by atoms with Crippen LogP contribution in [0.15, 0.2) is 24.3 Å². The van der Waals surface area contributed by atoms with E-state index in [0.29, 0.717) is 12.5 Å². The molecule has 1 N–H and O–H groups in total. The van der Waals surface area contributed by atoms with Gasteiger partial charge in [-0.3, -0.25) is 0 Å². The zero-order valence-corrected chi connectivity index (χ0v) is 12.2. The van der Waals surface area contributed by atoms with E-state index < -0.39 is 0 Å². The Morgan fingerprint density at radius 2 is 2.05 bits per heavy atom. The van der Waals surface area contributed by atoms with Crippen molar-refractivity contribution < 1.29 is 9.47 Å². The van der Waals surface area contributed by atoms with Crippen molar-refractivity contribution in [3.63, 3.8) is 0 Å². The molecule has 106 valence electrons.